The van der Waals surface area contributed by atoms with Crippen LogP contribution in [0.25, 0.3) is 0 Å². The van der Waals surface area contributed by atoms with Gasteiger partial charge in [0, 0.05) is 6.20 Å². The molecule has 0 amide bonds. The Hall–Kier alpha value is -0.720. The van der Waals surface area contributed by atoms with E-state index >= 15 is 0 Å². The minimum Gasteiger partial charge on any atom is -0.394 e. The second kappa shape index (κ2) is 4.65. The number of hydrogen-bond acceptors (Lipinski definition) is 5. The van der Waals surface area contributed by atoms with Crippen LogP contribution < -0.4 is 0 Å². The first-order valence-electron chi connectivity index (χ1n) is 4.87. The van der Waals surface area contributed by atoms with E-state index in [0.29, 0.717) is 5.56 Å². The molecule has 0 radical (unpaired) electrons. The third kappa shape index (κ3) is 2.05. The lowest BCUT2D eigenvalue weighted by atomic mass is 10.0. The number of aliphatic hydroxyl groups excluding tert-OH is 3. The first kappa shape index (κ1) is 11.8. The van der Waals surface area contributed by atoms with Crippen molar-refractivity contribution in [3.05, 3.63) is 29.0 Å². The van der Waals surface area contributed by atoms with E-state index in [1.165, 1.54) is 6.20 Å². The van der Waals surface area contributed by atoms with Gasteiger partial charge in [-0.05, 0) is 17.7 Å². The van der Waals surface area contributed by atoms with Crippen molar-refractivity contribution in [1.29, 1.82) is 0 Å². The molecule has 0 spiro atoms. The number of pyridine rings is 1. The lowest BCUT2D eigenvalue weighted by Crippen LogP contribution is -2.32. The van der Waals surface area contributed by atoms with Crippen molar-refractivity contribution in [3.63, 3.8) is 0 Å². The highest BCUT2D eigenvalue weighted by Crippen LogP contribution is 2.33. The molecule has 1 saturated heterocycles. The Morgan fingerprint density at radius 1 is 1.38 bits per heavy atom. The fourth-order valence-corrected chi connectivity index (χ4v) is 1.95. The molecule has 6 heteroatoms. The number of hydrogen-bond donors (Lipinski definition) is 3. The molecule has 0 aromatic carbocycles. The molecule has 1 aromatic heterocycles. The quantitative estimate of drug-likeness (QED) is 0.634. The Kier molecular flexibility index (Phi) is 3.41. The molecule has 4 atom stereocenters. The van der Waals surface area contributed by atoms with E-state index in [4.69, 9.17) is 21.4 Å². The molecule has 1 fully saturated rings. The summed E-state index contributed by atoms with van der Waals surface area (Å²) in [6, 6.07) is 3.20. The molecule has 0 bridgehead atoms. The van der Waals surface area contributed by atoms with Gasteiger partial charge in [-0.25, -0.2) is 4.98 Å². The molecule has 88 valence electrons. The summed E-state index contributed by atoms with van der Waals surface area (Å²) in [6.45, 7) is -0.340. The van der Waals surface area contributed by atoms with Crippen LogP contribution in [-0.2, 0) is 4.74 Å². The fraction of sp³-hybridized carbons (Fsp3) is 0.500. The summed E-state index contributed by atoms with van der Waals surface area (Å²) in [5, 5.41) is 28.6. The maximum Gasteiger partial charge on any atom is 0.129 e. The van der Waals surface area contributed by atoms with Gasteiger partial charge in [0.1, 0.15) is 29.6 Å². The second-order valence-corrected chi connectivity index (χ2v) is 4.06. The monoisotopic (exact) mass is 245 g/mol. The van der Waals surface area contributed by atoms with E-state index in [9.17, 15) is 10.2 Å². The van der Waals surface area contributed by atoms with Crippen molar-refractivity contribution >= 4 is 11.6 Å². The van der Waals surface area contributed by atoms with E-state index in [1.807, 2.05) is 0 Å². The predicted molar refractivity (Wildman–Crippen MR) is 56.0 cm³/mol. The Morgan fingerprint density at radius 2 is 2.12 bits per heavy atom. The Bertz CT molecular complexity index is 376. The van der Waals surface area contributed by atoms with Gasteiger partial charge in [-0.1, -0.05) is 11.6 Å². The van der Waals surface area contributed by atoms with Gasteiger partial charge in [-0.15, -0.1) is 0 Å². The van der Waals surface area contributed by atoms with Crippen LogP contribution in [0.4, 0.5) is 0 Å². The summed E-state index contributed by atoms with van der Waals surface area (Å²) >= 11 is 5.72. The molecule has 2 rings (SSSR count). The predicted octanol–water partition coefficient (Wildman–Crippen LogP) is -0.111. The number of ether oxygens (including phenoxy) is 1. The van der Waals surface area contributed by atoms with Crippen molar-refractivity contribution in [2.45, 2.75) is 24.4 Å². The molecule has 0 saturated carbocycles. The molecule has 5 nitrogen and oxygen atoms in total. The summed E-state index contributed by atoms with van der Waals surface area (Å²) < 4.78 is 5.34. The average Bonchev–Trinajstić information content (AvgIpc) is 2.56. The van der Waals surface area contributed by atoms with Crippen LogP contribution in [0.15, 0.2) is 18.3 Å². The zero-order chi connectivity index (χ0) is 11.7. The lowest BCUT2D eigenvalue weighted by molar-refractivity contribution is -0.0227. The summed E-state index contributed by atoms with van der Waals surface area (Å²) in [7, 11) is 0. The largest absolute Gasteiger partial charge is 0.394 e. The zero-order valence-corrected chi connectivity index (χ0v) is 9.08. The molecule has 3 N–H and O–H groups in total. The van der Waals surface area contributed by atoms with Crippen molar-refractivity contribution < 1.29 is 20.1 Å². The normalized spacial score (nSPS) is 34.2. The van der Waals surface area contributed by atoms with Gasteiger partial charge >= 0.3 is 0 Å². The van der Waals surface area contributed by atoms with Crippen LogP contribution in [-0.4, -0.2) is 45.2 Å². The van der Waals surface area contributed by atoms with Crippen LogP contribution in [0.3, 0.4) is 0 Å². The van der Waals surface area contributed by atoms with Crippen molar-refractivity contribution in [1.82, 2.24) is 4.98 Å². The summed E-state index contributed by atoms with van der Waals surface area (Å²) in [5.41, 5.74) is 0.627. The molecular weight excluding hydrogens is 234 g/mol. The van der Waals surface area contributed by atoms with Gasteiger partial charge in [0.25, 0.3) is 0 Å². The van der Waals surface area contributed by atoms with E-state index in [0.717, 1.165) is 0 Å². The maximum atomic E-state index is 9.75. The first-order valence-corrected chi connectivity index (χ1v) is 5.25. The van der Waals surface area contributed by atoms with Gasteiger partial charge in [-0.3, -0.25) is 0 Å². The SMILES string of the molecule is OC[C@H]1OC(c2ccnc(Cl)c2)[C@H](O)[C@@H]1O. The Labute approximate surface area is 97.3 Å². The highest BCUT2D eigenvalue weighted by molar-refractivity contribution is 6.29. The first-order chi connectivity index (χ1) is 7.63. The van der Waals surface area contributed by atoms with Gasteiger partial charge in [0.05, 0.1) is 6.61 Å². The zero-order valence-electron chi connectivity index (χ0n) is 8.32. The summed E-state index contributed by atoms with van der Waals surface area (Å²) in [4.78, 5) is 3.81. The molecule has 1 aliphatic rings. The standard InChI is InChI=1S/C10H12ClNO4/c11-7-3-5(1-2-12-7)10-9(15)8(14)6(4-13)16-10/h1-3,6,8-10,13-15H,4H2/t6-,8-,9-,10?/m1/s1. The highest BCUT2D eigenvalue weighted by atomic mass is 35.5. The van der Waals surface area contributed by atoms with Gasteiger partial charge < -0.3 is 20.1 Å². The van der Waals surface area contributed by atoms with Crippen LogP contribution in [0.2, 0.25) is 5.15 Å². The molecule has 1 aromatic rings. The van der Waals surface area contributed by atoms with Crippen molar-refractivity contribution in [3.8, 4) is 0 Å². The van der Waals surface area contributed by atoms with E-state index in [1.54, 1.807) is 12.1 Å². The average molecular weight is 246 g/mol. The number of rotatable bonds is 2. The van der Waals surface area contributed by atoms with Crippen molar-refractivity contribution in [2.24, 2.45) is 0 Å². The van der Waals surface area contributed by atoms with Crippen LogP contribution in [0.1, 0.15) is 11.7 Å². The summed E-state index contributed by atoms with van der Waals surface area (Å²) in [5.74, 6) is 0. The van der Waals surface area contributed by atoms with Crippen LogP contribution in [0.5, 0.6) is 0 Å². The molecule has 0 aliphatic carbocycles. The third-order valence-electron chi connectivity index (χ3n) is 2.62. The number of aromatic nitrogens is 1. The minimum absolute atomic E-state index is 0.287. The lowest BCUT2D eigenvalue weighted by Gasteiger charge is -2.14. The third-order valence-corrected chi connectivity index (χ3v) is 2.83. The molecule has 2 heterocycles. The van der Waals surface area contributed by atoms with Crippen molar-refractivity contribution in [2.75, 3.05) is 6.61 Å². The highest BCUT2D eigenvalue weighted by Gasteiger charge is 2.42. The minimum atomic E-state index is -1.10. The summed E-state index contributed by atoms with van der Waals surface area (Å²) in [6.07, 6.45) is -2.14. The van der Waals surface area contributed by atoms with E-state index in [-0.39, 0.29) is 11.8 Å². The molecule has 1 unspecified atom stereocenters. The number of halogens is 1. The smallest absolute Gasteiger partial charge is 0.129 e. The van der Waals surface area contributed by atoms with E-state index in [2.05, 4.69) is 4.98 Å². The maximum absolute atomic E-state index is 9.75. The van der Waals surface area contributed by atoms with Gasteiger partial charge in [0.2, 0.25) is 0 Å². The molecule has 16 heavy (non-hydrogen) atoms. The van der Waals surface area contributed by atoms with Crippen LogP contribution in [0, 0.1) is 0 Å². The van der Waals surface area contributed by atoms with Crippen LogP contribution >= 0.6 is 11.6 Å². The fourth-order valence-electron chi connectivity index (χ4n) is 1.77. The Morgan fingerprint density at radius 3 is 2.69 bits per heavy atom. The van der Waals surface area contributed by atoms with E-state index < -0.39 is 24.4 Å². The second-order valence-electron chi connectivity index (χ2n) is 3.67. The van der Waals surface area contributed by atoms with Gasteiger partial charge in [-0.2, -0.15) is 0 Å². The molecular formula is C10H12ClNO4. The topological polar surface area (TPSA) is 82.8 Å². The Balaban J connectivity index is 2.23. The molecule has 1 aliphatic heterocycles. The number of aliphatic hydroxyl groups is 3. The number of nitrogens with zero attached hydrogens (tertiary/aromatic N) is 1. The van der Waals surface area contributed by atoms with Gasteiger partial charge in [0.15, 0.2) is 0 Å².